The summed E-state index contributed by atoms with van der Waals surface area (Å²) in [6.07, 6.45) is 0.427. The molecule has 2 nitrogen and oxygen atoms in total. The van der Waals surface area contributed by atoms with E-state index in [1.807, 2.05) is 25.9 Å². The Hall–Kier alpha value is -0.530. The highest BCUT2D eigenvalue weighted by molar-refractivity contribution is 7.78. The molecule has 0 atom stereocenters. The molecule has 0 heterocycles. The zero-order chi connectivity index (χ0) is 8.20. The Labute approximate surface area is 66.3 Å². The van der Waals surface area contributed by atoms with Gasteiger partial charge in [0, 0.05) is 6.42 Å². The zero-order valence-electron chi connectivity index (χ0n) is 6.47. The quantitative estimate of drug-likeness (QED) is 0.430. The van der Waals surface area contributed by atoms with Crippen molar-refractivity contribution in [1.82, 2.24) is 0 Å². The van der Waals surface area contributed by atoms with Gasteiger partial charge in [0.15, 0.2) is 0 Å². The second kappa shape index (κ2) is 3.59. The van der Waals surface area contributed by atoms with E-state index in [0.29, 0.717) is 6.42 Å². The minimum Gasteiger partial charge on any atom is -0.272 e. The smallest absolute Gasteiger partial charge is 0.255 e. The van der Waals surface area contributed by atoms with Crippen LogP contribution in [0.5, 0.6) is 0 Å². The van der Waals surface area contributed by atoms with E-state index in [4.69, 9.17) is 0 Å². The lowest BCUT2D eigenvalue weighted by atomic mass is 9.92. The van der Waals surface area contributed by atoms with Crippen molar-refractivity contribution in [2.45, 2.75) is 27.2 Å². The second-order valence-electron chi connectivity index (χ2n) is 3.33. The maximum Gasteiger partial charge on any atom is 0.255 e. The number of amides is 1. The van der Waals surface area contributed by atoms with Crippen molar-refractivity contribution in [2.75, 3.05) is 0 Å². The summed E-state index contributed by atoms with van der Waals surface area (Å²) in [4.78, 5) is 14.1. The van der Waals surface area contributed by atoms with Gasteiger partial charge in [0.25, 0.3) is 5.91 Å². The van der Waals surface area contributed by atoms with Gasteiger partial charge in [-0.2, -0.15) is 4.99 Å². The topological polar surface area (TPSA) is 29.4 Å². The first-order valence-electron chi connectivity index (χ1n) is 3.06. The maximum absolute atomic E-state index is 10.8. The number of aliphatic imine (C=N–C) groups is 1. The minimum absolute atomic E-state index is 0.00718. The fourth-order valence-electron chi connectivity index (χ4n) is 0.544. The summed E-state index contributed by atoms with van der Waals surface area (Å²) in [6, 6.07) is 0. The summed E-state index contributed by atoms with van der Waals surface area (Å²) in [6.45, 7) is 5.93. The van der Waals surface area contributed by atoms with Gasteiger partial charge < -0.3 is 0 Å². The molecule has 0 spiro atoms. The lowest BCUT2D eigenvalue weighted by molar-refractivity contribution is -0.119. The molecule has 56 valence electrons. The summed E-state index contributed by atoms with van der Waals surface area (Å²) in [5.41, 5.74) is -0.00718. The highest BCUT2D eigenvalue weighted by Crippen LogP contribution is 2.18. The van der Waals surface area contributed by atoms with E-state index in [9.17, 15) is 4.79 Å². The molecule has 0 N–H and O–H groups in total. The molecule has 0 aliphatic carbocycles. The Balaban J connectivity index is 3.92. The predicted molar refractivity (Wildman–Crippen MR) is 44.1 cm³/mol. The Morgan fingerprint density at radius 2 is 2.10 bits per heavy atom. The molecular weight excluding hydrogens is 146 g/mol. The SMILES string of the molecule is CC(C)(C)CC(=O)N=C=S. The Kier molecular flexibility index (Phi) is 3.40. The molecule has 0 fully saturated rings. The van der Waals surface area contributed by atoms with E-state index in [2.05, 4.69) is 17.2 Å². The number of thiocarbonyl (C=S) groups is 1. The van der Waals surface area contributed by atoms with Gasteiger partial charge in [-0.15, -0.1) is 0 Å². The van der Waals surface area contributed by atoms with Crippen LogP contribution in [0, 0.1) is 5.41 Å². The largest absolute Gasteiger partial charge is 0.272 e. The van der Waals surface area contributed by atoms with Gasteiger partial charge in [-0.1, -0.05) is 20.8 Å². The van der Waals surface area contributed by atoms with Crippen molar-refractivity contribution in [2.24, 2.45) is 10.4 Å². The van der Waals surface area contributed by atoms with E-state index < -0.39 is 0 Å². The van der Waals surface area contributed by atoms with Crippen LogP contribution in [-0.2, 0) is 4.79 Å². The molecule has 3 heteroatoms. The first-order valence-corrected chi connectivity index (χ1v) is 3.47. The van der Waals surface area contributed by atoms with Crippen LogP contribution < -0.4 is 0 Å². The van der Waals surface area contributed by atoms with E-state index in [0.717, 1.165) is 0 Å². The Morgan fingerprint density at radius 3 is 2.40 bits per heavy atom. The third kappa shape index (κ3) is 5.60. The van der Waals surface area contributed by atoms with E-state index in [1.165, 1.54) is 0 Å². The molecule has 0 saturated carbocycles. The number of hydrogen-bond acceptors (Lipinski definition) is 2. The van der Waals surface area contributed by atoms with Crippen molar-refractivity contribution in [3.05, 3.63) is 0 Å². The predicted octanol–water partition coefficient (Wildman–Crippen LogP) is 2.05. The van der Waals surface area contributed by atoms with E-state index in [1.54, 1.807) is 0 Å². The van der Waals surface area contributed by atoms with E-state index in [-0.39, 0.29) is 11.3 Å². The average molecular weight is 157 g/mol. The molecule has 0 saturated heterocycles. The molecule has 1 amide bonds. The standard InChI is InChI=1S/C7H11NOS/c1-7(2,3)4-6(9)8-5-10/h4H2,1-3H3. The maximum atomic E-state index is 10.8. The molecule has 0 radical (unpaired) electrons. The summed E-state index contributed by atoms with van der Waals surface area (Å²) in [5, 5.41) is 2.05. The summed E-state index contributed by atoms with van der Waals surface area (Å²) in [7, 11) is 0. The highest BCUT2D eigenvalue weighted by Gasteiger charge is 2.14. The van der Waals surface area contributed by atoms with Gasteiger partial charge >= 0.3 is 0 Å². The lowest BCUT2D eigenvalue weighted by Crippen LogP contribution is -2.10. The molecule has 0 aliphatic rings. The number of carbonyl (C=O) groups is 1. The van der Waals surface area contributed by atoms with Crippen molar-refractivity contribution in [1.29, 1.82) is 0 Å². The number of hydrogen-bond donors (Lipinski definition) is 0. The number of nitrogens with zero attached hydrogens (tertiary/aromatic N) is 1. The summed E-state index contributed by atoms with van der Waals surface area (Å²) >= 11 is 4.28. The third-order valence-corrected chi connectivity index (χ3v) is 0.943. The van der Waals surface area contributed by atoms with Crippen LogP contribution >= 0.6 is 12.2 Å². The summed E-state index contributed by atoms with van der Waals surface area (Å²) < 4.78 is 0. The second-order valence-corrected chi connectivity index (χ2v) is 3.52. The van der Waals surface area contributed by atoms with Gasteiger partial charge in [0.1, 0.15) is 0 Å². The van der Waals surface area contributed by atoms with Crippen molar-refractivity contribution in [3.63, 3.8) is 0 Å². The van der Waals surface area contributed by atoms with Crippen molar-refractivity contribution in [3.8, 4) is 0 Å². The van der Waals surface area contributed by atoms with Crippen LogP contribution in [0.2, 0.25) is 0 Å². The minimum atomic E-state index is -0.192. The molecule has 0 aliphatic heterocycles. The number of carbonyl (C=O) groups excluding carboxylic acids is 1. The normalized spacial score (nSPS) is 10.3. The average Bonchev–Trinajstić information content (AvgIpc) is 1.59. The van der Waals surface area contributed by atoms with Crippen molar-refractivity contribution >= 4 is 23.3 Å². The molecule has 10 heavy (non-hydrogen) atoms. The Bertz CT molecular complexity index is 175. The molecule has 0 aromatic rings. The lowest BCUT2D eigenvalue weighted by Gasteiger charge is -2.13. The molecule has 0 aromatic carbocycles. The van der Waals surface area contributed by atoms with Crippen molar-refractivity contribution < 1.29 is 4.79 Å². The highest BCUT2D eigenvalue weighted by atomic mass is 32.1. The van der Waals surface area contributed by atoms with Gasteiger partial charge in [-0.25, -0.2) is 0 Å². The van der Waals surface area contributed by atoms with Crippen LogP contribution in [0.3, 0.4) is 0 Å². The van der Waals surface area contributed by atoms with Crippen LogP contribution in [-0.4, -0.2) is 11.1 Å². The summed E-state index contributed by atoms with van der Waals surface area (Å²) in [5.74, 6) is -0.192. The van der Waals surface area contributed by atoms with E-state index >= 15 is 0 Å². The van der Waals surface area contributed by atoms with Gasteiger partial charge in [0.2, 0.25) is 0 Å². The third-order valence-electron chi connectivity index (χ3n) is 0.852. The molecule has 0 unspecified atom stereocenters. The van der Waals surface area contributed by atoms with Crippen LogP contribution in [0.15, 0.2) is 4.99 Å². The van der Waals surface area contributed by atoms with Crippen LogP contribution in [0.25, 0.3) is 0 Å². The number of rotatable bonds is 1. The van der Waals surface area contributed by atoms with Gasteiger partial charge in [-0.05, 0) is 17.6 Å². The van der Waals surface area contributed by atoms with Gasteiger partial charge in [-0.3, -0.25) is 4.79 Å². The fourth-order valence-corrected chi connectivity index (χ4v) is 0.646. The number of isothiocyanates is 1. The van der Waals surface area contributed by atoms with Crippen LogP contribution in [0.4, 0.5) is 0 Å². The Morgan fingerprint density at radius 1 is 1.60 bits per heavy atom. The monoisotopic (exact) mass is 157 g/mol. The van der Waals surface area contributed by atoms with Gasteiger partial charge in [0.05, 0.1) is 5.16 Å². The molecular formula is C7H11NOS. The molecule has 0 aromatic heterocycles. The first kappa shape index (κ1) is 9.47. The zero-order valence-corrected chi connectivity index (χ0v) is 7.29. The first-order chi connectivity index (χ1) is 4.45. The molecule has 0 bridgehead atoms. The molecule has 0 rings (SSSR count). The fraction of sp³-hybridized carbons (Fsp3) is 0.714. The van der Waals surface area contributed by atoms with Crippen LogP contribution in [0.1, 0.15) is 27.2 Å².